The number of quaternary nitrogens is 1. The molecular weight excluding hydrogens is 326 g/mol. The van der Waals surface area contributed by atoms with Gasteiger partial charge in [-0.25, -0.2) is 0 Å². The van der Waals surface area contributed by atoms with Gasteiger partial charge in [-0.3, -0.25) is 0 Å². The number of rotatable bonds is 18. The molecule has 148 valence electrons. The van der Waals surface area contributed by atoms with Crippen LogP contribution in [0.4, 0.5) is 0 Å². The van der Waals surface area contributed by atoms with Gasteiger partial charge in [0.1, 0.15) is 13.1 Å². The third-order valence-electron chi connectivity index (χ3n) is 4.45. The summed E-state index contributed by atoms with van der Waals surface area (Å²) in [5.41, 5.74) is 0. The molecule has 0 rings (SSSR count). The fraction of sp³-hybridized carbons (Fsp3) is 1.00. The third-order valence-corrected chi connectivity index (χ3v) is 4.45. The van der Waals surface area contributed by atoms with E-state index in [1.807, 2.05) is 0 Å². The molecule has 2 N–H and O–H groups in total. The van der Waals surface area contributed by atoms with Gasteiger partial charge in [0.25, 0.3) is 0 Å². The normalized spacial score (nSPS) is 11.5. The minimum Gasteiger partial charge on any atom is -1.00 e. The van der Waals surface area contributed by atoms with Crippen LogP contribution in [0.15, 0.2) is 0 Å². The lowest BCUT2D eigenvalue weighted by Crippen LogP contribution is -3.00. The molecule has 0 aliphatic rings. The molecule has 0 amide bonds. The number of hydroxylamine groups is 4. The van der Waals surface area contributed by atoms with Gasteiger partial charge in [-0.1, -0.05) is 71.1 Å². The highest BCUT2D eigenvalue weighted by atomic mass is 35.5. The van der Waals surface area contributed by atoms with Crippen LogP contribution in [-0.4, -0.2) is 41.5 Å². The minimum atomic E-state index is -0.862. The lowest BCUT2D eigenvalue weighted by Gasteiger charge is -2.18. The van der Waals surface area contributed by atoms with Crippen molar-refractivity contribution in [2.75, 3.05) is 26.3 Å². The molecule has 0 aromatic rings. The lowest BCUT2D eigenvalue weighted by molar-refractivity contribution is -1.24. The van der Waals surface area contributed by atoms with Gasteiger partial charge in [0.2, 0.25) is 0 Å². The topological polar surface area (TPSA) is 49.7 Å². The van der Waals surface area contributed by atoms with Crippen LogP contribution < -0.4 is 12.4 Å². The van der Waals surface area contributed by atoms with E-state index in [0.29, 0.717) is 13.1 Å². The molecule has 0 fully saturated rings. The predicted molar refractivity (Wildman–Crippen MR) is 95.8 cm³/mol. The SMILES string of the molecule is CCCCCCCCCCCCCOCCCC[N+](O)(O)CC.[Cl-]. The van der Waals surface area contributed by atoms with Crippen LogP contribution in [0.25, 0.3) is 0 Å². The standard InChI is InChI=1S/C19H42NO3.ClH/c1-3-5-6-7-8-9-10-11-12-13-15-18-23-19-16-14-17-20(21,22)4-2;/h21-22H,3-19H2,1-2H3;1H/q+1;/p-1. The minimum absolute atomic E-state index is 0. The zero-order valence-corrected chi connectivity index (χ0v) is 16.9. The first kappa shape index (κ1) is 26.4. The van der Waals surface area contributed by atoms with E-state index in [2.05, 4.69) is 6.92 Å². The average molecular weight is 368 g/mol. The molecule has 0 bridgehead atoms. The van der Waals surface area contributed by atoms with E-state index in [9.17, 15) is 10.4 Å². The zero-order chi connectivity index (χ0) is 17.2. The zero-order valence-electron chi connectivity index (χ0n) is 16.1. The van der Waals surface area contributed by atoms with Crippen molar-refractivity contribution in [2.24, 2.45) is 0 Å². The van der Waals surface area contributed by atoms with Crippen molar-refractivity contribution in [1.29, 1.82) is 0 Å². The quantitative estimate of drug-likeness (QED) is 0.222. The fourth-order valence-corrected chi connectivity index (χ4v) is 2.70. The summed E-state index contributed by atoms with van der Waals surface area (Å²) in [5.74, 6) is 0. The van der Waals surface area contributed by atoms with Crippen molar-refractivity contribution in [1.82, 2.24) is 0 Å². The van der Waals surface area contributed by atoms with Crippen molar-refractivity contribution in [2.45, 2.75) is 97.3 Å². The van der Waals surface area contributed by atoms with Gasteiger partial charge in [-0.15, -0.1) is 0 Å². The van der Waals surface area contributed by atoms with Crippen molar-refractivity contribution in [3.05, 3.63) is 0 Å². The fourth-order valence-electron chi connectivity index (χ4n) is 2.70. The Bertz CT molecular complexity index is 241. The van der Waals surface area contributed by atoms with Gasteiger partial charge < -0.3 is 17.1 Å². The second kappa shape index (κ2) is 19.5. The van der Waals surface area contributed by atoms with Gasteiger partial charge in [-0.2, -0.15) is 10.4 Å². The highest BCUT2D eigenvalue weighted by molar-refractivity contribution is 4.48. The van der Waals surface area contributed by atoms with Crippen molar-refractivity contribution in [3.63, 3.8) is 0 Å². The number of hydrogen-bond acceptors (Lipinski definition) is 3. The van der Waals surface area contributed by atoms with Gasteiger partial charge in [0.15, 0.2) is 0 Å². The molecule has 0 aromatic heterocycles. The third kappa shape index (κ3) is 20.2. The van der Waals surface area contributed by atoms with Crippen LogP contribution in [0.5, 0.6) is 0 Å². The Hall–Kier alpha value is 0.130. The second-order valence-electron chi connectivity index (χ2n) is 6.77. The summed E-state index contributed by atoms with van der Waals surface area (Å²) in [6.07, 6.45) is 16.6. The van der Waals surface area contributed by atoms with Crippen molar-refractivity contribution < 1.29 is 32.4 Å². The monoisotopic (exact) mass is 367 g/mol. The largest absolute Gasteiger partial charge is 1.00 e. The van der Waals surface area contributed by atoms with E-state index in [4.69, 9.17) is 4.74 Å². The van der Waals surface area contributed by atoms with Crippen LogP contribution in [0, 0.1) is 0 Å². The maximum absolute atomic E-state index is 9.39. The number of hydrogen-bond donors (Lipinski definition) is 2. The number of nitrogens with zero attached hydrogens (tertiary/aromatic N) is 1. The van der Waals surface area contributed by atoms with Crippen LogP contribution in [0.2, 0.25) is 0 Å². The maximum Gasteiger partial charge on any atom is 0.142 e. The van der Waals surface area contributed by atoms with Crippen LogP contribution in [-0.2, 0) is 4.74 Å². The molecule has 0 unspecified atom stereocenters. The van der Waals surface area contributed by atoms with E-state index in [1.165, 1.54) is 64.2 Å². The van der Waals surface area contributed by atoms with E-state index in [0.717, 1.165) is 32.5 Å². The summed E-state index contributed by atoms with van der Waals surface area (Å²) in [4.78, 5) is -0.862. The first-order valence-corrected chi connectivity index (χ1v) is 10.0. The summed E-state index contributed by atoms with van der Waals surface area (Å²) in [6.45, 7) is 6.34. The molecule has 0 saturated heterocycles. The molecule has 0 aliphatic heterocycles. The molecule has 0 saturated carbocycles. The van der Waals surface area contributed by atoms with E-state index >= 15 is 0 Å². The highest BCUT2D eigenvalue weighted by Gasteiger charge is 2.17. The summed E-state index contributed by atoms with van der Waals surface area (Å²) in [5, 5.41) is 18.8. The Morgan fingerprint density at radius 2 is 1.04 bits per heavy atom. The smallest absolute Gasteiger partial charge is 0.142 e. The van der Waals surface area contributed by atoms with Crippen molar-refractivity contribution in [3.8, 4) is 0 Å². The predicted octanol–water partition coefficient (Wildman–Crippen LogP) is 2.71. The molecule has 5 heteroatoms. The van der Waals surface area contributed by atoms with E-state index < -0.39 is 4.81 Å². The number of halogens is 1. The van der Waals surface area contributed by atoms with E-state index in [-0.39, 0.29) is 12.4 Å². The second-order valence-corrected chi connectivity index (χ2v) is 6.77. The average Bonchev–Trinajstić information content (AvgIpc) is 2.54. The molecule has 24 heavy (non-hydrogen) atoms. The highest BCUT2D eigenvalue weighted by Crippen LogP contribution is 2.11. The van der Waals surface area contributed by atoms with Gasteiger partial charge >= 0.3 is 0 Å². The maximum atomic E-state index is 9.39. The molecule has 4 nitrogen and oxygen atoms in total. The first-order chi connectivity index (χ1) is 11.1. The molecular formula is C19H42ClNO3. The molecule has 0 atom stereocenters. The number of unbranched alkanes of at least 4 members (excludes halogenated alkanes) is 11. The summed E-state index contributed by atoms with van der Waals surface area (Å²) in [6, 6.07) is 0. The summed E-state index contributed by atoms with van der Waals surface area (Å²) >= 11 is 0. The Morgan fingerprint density at radius 1 is 0.625 bits per heavy atom. The molecule has 0 aromatic carbocycles. The molecule has 0 aliphatic carbocycles. The van der Waals surface area contributed by atoms with Gasteiger partial charge in [-0.05, 0) is 24.6 Å². The summed E-state index contributed by atoms with van der Waals surface area (Å²) in [7, 11) is 0. The Labute approximate surface area is 156 Å². The van der Waals surface area contributed by atoms with E-state index in [1.54, 1.807) is 6.92 Å². The first-order valence-electron chi connectivity index (χ1n) is 10.0. The van der Waals surface area contributed by atoms with Gasteiger partial charge in [0.05, 0.1) is 0 Å². The number of ether oxygens (including phenoxy) is 1. The lowest BCUT2D eigenvalue weighted by atomic mass is 10.1. The Kier molecular flexibility index (Phi) is 21.4. The molecule has 0 spiro atoms. The Balaban J connectivity index is 0. The van der Waals surface area contributed by atoms with Crippen LogP contribution in [0.3, 0.4) is 0 Å². The van der Waals surface area contributed by atoms with Crippen molar-refractivity contribution >= 4 is 0 Å². The van der Waals surface area contributed by atoms with Gasteiger partial charge in [0, 0.05) is 19.6 Å². The molecule has 0 heterocycles. The molecule has 0 radical (unpaired) electrons. The Morgan fingerprint density at radius 3 is 1.50 bits per heavy atom. The summed E-state index contributed by atoms with van der Waals surface area (Å²) < 4.78 is 5.59. The van der Waals surface area contributed by atoms with Crippen LogP contribution >= 0.6 is 0 Å². The van der Waals surface area contributed by atoms with Crippen LogP contribution in [0.1, 0.15) is 97.3 Å².